The topological polar surface area (TPSA) is 46.2 Å². The molecule has 0 spiro atoms. The van der Waals surface area contributed by atoms with Gasteiger partial charge < -0.3 is 5.32 Å². The minimum atomic E-state index is -2.97. The molecule has 1 fully saturated rings. The van der Waals surface area contributed by atoms with Crippen molar-refractivity contribution < 1.29 is 8.42 Å². The largest absolute Gasteiger partial charge is 0.313 e. The van der Waals surface area contributed by atoms with Crippen LogP contribution in [0.5, 0.6) is 0 Å². The Morgan fingerprint density at radius 2 is 1.88 bits per heavy atom. The molecule has 0 aliphatic heterocycles. The second-order valence-corrected chi connectivity index (χ2v) is 8.60. The van der Waals surface area contributed by atoms with Gasteiger partial charge in [0, 0.05) is 12.6 Å². The van der Waals surface area contributed by atoms with Crippen LogP contribution >= 0.6 is 0 Å². The molecule has 1 unspecified atom stereocenters. The van der Waals surface area contributed by atoms with Gasteiger partial charge >= 0.3 is 0 Å². The van der Waals surface area contributed by atoms with E-state index < -0.39 is 14.6 Å². The van der Waals surface area contributed by atoms with E-state index in [1.165, 1.54) is 12.8 Å². The first-order valence-corrected chi connectivity index (χ1v) is 7.89. The van der Waals surface area contributed by atoms with E-state index in [0.29, 0.717) is 12.6 Å². The Bertz CT molecular complexity index is 312. The molecule has 3 nitrogen and oxygen atoms in total. The van der Waals surface area contributed by atoms with Crippen molar-refractivity contribution in [3.05, 3.63) is 0 Å². The van der Waals surface area contributed by atoms with Gasteiger partial charge in [0.1, 0.15) is 0 Å². The van der Waals surface area contributed by atoms with Gasteiger partial charge in [-0.05, 0) is 46.0 Å². The number of hydrogen-bond acceptors (Lipinski definition) is 3. The summed E-state index contributed by atoms with van der Waals surface area (Å²) >= 11 is 0. The van der Waals surface area contributed by atoms with Gasteiger partial charge in [0.05, 0.1) is 10.5 Å². The van der Waals surface area contributed by atoms with E-state index in [4.69, 9.17) is 0 Å². The Labute approximate surface area is 99.9 Å². The Morgan fingerprint density at radius 1 is 1.31 bits per heavy atom. The molecule has 0 aromatic rings. The maximum Gasteiger partial charge on any atom is 0.156 e. The molecular formula is C12H25NO2S. The average molecular weight is 247 g/mol. The van der Waals surface area contributed by atoms with Crippen LogP contribution in [0, 0.1) is 5.92 Å². The lowest BCUT2D eigenvalue weighted by atomic mass is 10.1. The number of sulfone groups is 1. The van der Waals surface area contributed by atoms with E-state index in [9.17, 15) is 8.42 Å². The van der Waals surface area contributed by atoms with Crippen LogP contribution in [0.4, 0.5) is 0 Å². The lowest BCUT2D eigenvalue weighted by Gasteiger charge is -2.21. The molecule has 0 radical (unpaired) electrons. The van der Waals surface area contributed by atoms with Gasteiger partial charge in [-0.1, -0.05) is 6.92 Å². The van der Waals surface area contributed by atoms with Crippen molar-refractivity contribution in [3.8, 4) is 0 Å². The molecule has 0 bridgehead atoms. The standard InChI is InChI=1S/C12H25NO2S/c1-5-11(10-6-7-10)13-8-9-16(14,15)12(2,3)4/h10-11,13H,5-9H2,1-4H3. The van der Waals surface area contributed by atoms with Crippen molar-refractivity contribution in [2.75, 3.05) is 12.3 Å². The van der Waals surface area contributed by atoms with Crippen molar-refractivity contribution in [1.29, 1.82) is 0 Å². The van der Waals surface area contributed by atoms with Gasteiger partial charge in [-0.2, -0.15) is 0 Å². The zero-order valence-electron chi connectivity index (χ0n) is 10.9. The Morgan fingerprint density at radius 3 is 2.25 bits per heavy atom. The highest BCUT2D eigenvalue weighted by molar-refractivity contribution is 7.92. The summed E-state index contributed by atoms with van der Waals surface area (Å²) in [5.74, 6) is 1.04. The van der Waals surface area contributed by atoms with E-state index in [1.807, 2.05) is 0 Å². The molecule has 1 aliphatic carbocycles. The van der Waals surface area contributed by atoms with Crippen molar-refractivity contribution in [3.63, 3.8) is 0 Å². The quantitative estimate of drug-likeness (QED) is 0.780. The minimum Gasteiger partial charge on any atom is -0.313 e. The second kappa shape index (κ2) is 5.05. The van der Waals surface area contributed by atoms with Crippen LogP contribution in [0.3, 0.4) is 0 Å². The smallest absolute Gasteiger partial charge is 0.156 e. The number of rotatable bonds is 6. The summed E-state index contributed by atoms with van der Waals surface area (Å²) in [5, 5.41) is 3.38. The molecule has 1 atom stereocenters. The fourth-order valence-corrected chi connectivity index (χ4v) is 2.83. The van der Waals surface area contributed by atoms with E-state index in [1.54, 1.807) is 20.8 Å². The molecule has 1 N–H and O–H groups in total. The highest BCUT2D eigenvalue weighted by Gasteiger charge is 2.31. The molecule has 0 saturated heterocycles. The van der Waals surface area contributed by atoms with E-state index in [-0.39, 0.29) is 5.75 Å². The Hall–Kier alpha value is -0.0900. The van der Waals surface area contributed by atoms with E-state index in [2.05, 4.69) is 12.2 Å². The van der Waals surface area contributed by atoms with Gasteiger partial charge in [-0.3, -0.25) is 0 Å². The lowest BCUT2D eigenvalue weighted by molar-refractivity contribution is 0.460. The molecule has 1 saturated carbocycles. The van der Waals surface area contributed by atoms with Crippen molar-refractivity contribution in [2.45, 2.75) is 57.7 Å². The third-order valence-corrected chi connectivity index (χ3v) is 5.95. The van der Waals surface area contributed by atoms with Gasteiger partial charge in [0.25, 0.3) is 0 Å². The predicted octanol–water partition coefficient (Wildman–Crippen LogP) is 1.98. The van der Waals surface area contributed by atoms with Crippen LogP contribution in [0.25, 0.3) is 0 Å². The Kier molecular flexibility index (Phi) is 4.41. The fraction of sp³-hybridized carbons (Fsp3) is 1.00. The van der Waals surface area contributed by atoms with Crippen LogP contribution in [-0.2, 0) is 9.84 Å². The molecule has 4 heteroatoms. The molecule has 96 valence electrons. The highest BCUT2D eigenvalue weighted by atomic mass is 32.2. The molecule has 1 aliphatic rings. The van der Waals surface area contributed by atoms with Gasteiger partial charge in [-0.15, -0.1) is 0 Å². The lowest BCUT2D eigenvalue weighted by Crippen LogP contribution is -2.38. The summed E-state index contributed by atoms with van der Waals surface area (Å²) in [6.45, 7) is 8.05. The first kappa shape index (κ1) is 14.0. The summed E-state index contributed by atoms with van der Waals surface area (Å²) < 4.78 is 23.1. The monoisotopic (exact) mass is 247 g/mol. The van der Waals surface area contributed by atoms with Gasteiger partial charge in [0.15, 0.2) is 9.84 Å². The van der Waals surface area contributed by atoms with Crippen molar-refractivity contribution in [2.24, 2.45) is 5.92 Å². The van der Waals surface area contributed by atoms with Crippen LogP contribution < -0.4 is 5.32 Å². The zero-order chi connectivity index (χ0) is 12.4. The van der Waals surface area contributed by atoms with Crippen molar-refractivity contribution in [1.82, 2.24) is 5.32 Å². The fourth-order valence-electron chi connectivity index (χ4n) is 1.83. The summed E-state index contributed by atoms with van der Waals surface area (Å²) in [4.78, 5) is 0. The third-order valence-electron chi connectivity index (χ3n) is 3.34. The number of nitrogens with one attached hydrogen (secondary N) is 1. The molecule has 1 rings (SSSR count). The molecule has 0 heterocycles. The third kappa shape index (κ3) is 3.74. The Balaban J connectivity index is 2.34. The normalized spacial score (nSPS) is 19.8. The first-order valence-electron chi connectivity index (χ1n) is 6.23. The molecule has 0 aromatic carbocycles. The highest BCUT2D eigenvalue weighted by Crippen LogP contribution is 2.33. The molecule has 0 amide bonds. The summed E-state index contributed by atoms with van der Waals surface area (Å²) in [6, 6.07) is 0.523. The summed E-state index contributed by atoms with van der Waals surface area (Å²) in [6.07, 6.45) is 3.70. The molecular weight excluding hydrogens is 222 g/mol. The zero-order valence-corrected chi connectivity index (χ0v) is 11.7. The number of hydrogen-bond donors (Lipinski definition) is 1. The maximum atomic E-state index is 11.9. The first-order chi connectivity index (χ1) is 7.28. The SMILES string of the molecule is CCC(NCCS(=O)(=O)C(C)(C)C)C1CC1. The van der Waals surface area contributed by atoms with Gasteiger partial charge in [0.2, 0.25) is 0 Å². The van der Waals surface area contributed by atoms with E-state index in [0.717, 1.165) is 12.3 Å². The summed E-state index contributed by atoms with van der Waals surface area (Å²) in [5.41, 5.74) is 0. The van der Waals surface area contributed by atoms with E-state index >= 15 is 0 Å². The average Bonchev–Trinajstić information content (AvgIpc) is 2.93. The maximum absolute atomic E-state index is 11.9. The van der Waals surface area contributed by atoms with Crippen LogP contribution in [0.1, 0.15) is 47.0 Å². The minimum absolute atomic E-state index is 0.250. The van der Waals surface area contributed by atoms with Crippen LogP contribution in [-0.4, -0.2) is 31.5 Å². The van der Waals surface area contributed by atoms with Crippen LogP contribution in [0.15, 0.2) is 0 Å². The van der Waals surface area contributed by atoms with Gasteiger partial charge in [-0.25, -0.2) is 8.42 Å². The van der Waals surface area contributed by atoms with Crippen LogP contribution in [0.2, 0.25) is 0 Å². The predicted molar refractivity (Wildman–Crippen MR) is 68.3 cm³/mol. The second-order valence-electron chi connectivity index (χ2n) is 5.74. The molecule has 0 aromatic heterocycles. The van der Waals surface area contributed by atoms with Crippen molar-refractivity contribution >= 4 is 9.84 Å². The summed E-state index contributed by atoms with van der Waals surface area (Å²) in [7, 11) is -2.97. The molecule has 16 heavy (non-hydrogen) atoms.